The summed E-state index contributed by atoms with van der Waals surface area (Å²) in [5.41, 5.74) is 0. The second-order valence-corrected chi connectivity index (χ2v) is 1.34. The molecule has 1 heterocycles. The minimum absolute atomic E-state index is 0.778. The van der Waals surface area contributed by atoms with Gasteiger partial charge < -0.3 is 0 Å². The minimum Gasteiger partial charge on any atom is -0.250 e. The molecule has 0 aliphatic rings. The molecular weight excluding hydrogens is 114 g/mol. The first-order chi connectivity index (χ1) is 3.80. The quantitative estimate of drug-likeness (QED) is 0.525. The number of alkyl halides is 2. The predicted molar refractivity (Wildman–Crippen MR) is 22.2 cm³/mol. The molecule has 0 unspecified atom stereocenters. The molecule has 0 bridgehead atoms. The Hall–Kier alpha value is -0.930. The van der Waals surface area contributed by atoms with Crippen LogP contribution < -0.4 is 4.57 Å². The summed E-state index contributed by atoms with van der Waals surface area (Å²) in [6.07, 6.45) is 3.90. The molecule has 4 heteroatoms. The van der Waals surface area contributed by atoms with Gasteiger partial charge in [0.1, 0.15) is 12.4 Å². The van der Waals surface area contributed by atoms with Gasteiger partial charge in [-0.1, -0.05) is 0 Å². The number of nitrogens with one attached hydrogen (secondary N) is 1. The molecule has 0 saturated heterocycles. The first-order valence-corrected chi connectivity index (χ1v) is 2.12. The van der Waals surface area contributed by atoms with Crippen molar-refractivity contribution in [2.75, 3.05) is 0 Å². The molecule has 0 aliphatic carbocycles. The van der Waals surface area contributed by atoms with Gasteiger partial charge in [-0.15, -0.1) is 0 Å². The van der Waals surface area contributed by atoms with Gasteiger partial charge >= 0.3 is 6.55 Å². The largest absolute Gasteiger partial charge is 0.387 e. The molecule has 1 N–H and O–H groups in total. The Kier molecular flexibility index (Phi) is 1.24. The van der Waals surface area contributed by atoms with Crippen molar-refractivity contribution in [1.82, 2.24) is 4.98 Å². The van der Waals surface area contributed by atoms with E-state index in [0.29, 0.717) is 0 Å². The smallest absolute Gasteiger partial charge is 0.250 e. The molecule has 8 heavy (non-hydrogen) atoms. The highest BCUT2D eigenvalue weighted by atomic mass is 19.3. The van der Waals surface area contributed by atoms with Gasteiger partial charge in [0.2, 0.25) is 6.33 Å². The third-order valence-corrected chi connectivity index (χ3v) is 0.792. The van der Waals surface area contributed by atoms with E-state index in [9.17, 15) is 8.78 Å². The molecule has 0 saturated carbocycles. The second kappa shape index (κ2) is 1.90. The zero-order valence-electron chi connectivity index (χ0n) is 4.01. The van der Waals surface area contributed by atoms with Crippen LogP contribution in [-0.4, -0.2) is 4.98 Å². The number of halogens is 2. The fourth-order valence-corrected chi connectivity index (χ4v) is 0.423. The van der Waals surface area contributed by atoms with Gasteiger partial charge in [-0.2, -0.15) is 13.3 Å². The van der Waals surface area contributed by atoms with Crippen molar-refractivity contribution >= 4 is 0 Å². The highest BCUT2D eigenvalue weighted by molar-refractivity contribution is 4.55. The van der Waals surface area contributed by atoms with Crippen LogP contribution >= 0.6 is 0 Å². The van der Waals surface area contributed by atoms with Gasteiger partial charge in [-0.05, 0) is 0 Å². The SMILES string of the molecule is FC(F)[n+]1cc[nH]c1. The molecule has 2 nitrogen and oxygen atoms in total. The first-order valence-electron chi connectivity index (χ1n) is 2.12. The number of H-pyrrole nitrogens is 1. The van der Waals surface area contributed by atoms with Crippen molar-refractivity contribution in [2.45, 2.75) is 6.55 Å². The van der Waals surface area contributed by atoms with Crippen LogP contribution in [0.2, 0.25) is 0 Å². The number of hydrogen-bond donors (Lipinski definition) is 1. The van der Waals surface area contributed by atoms with Crippen LogP contribution in [0.5, 0.6) is 0 Å². The van der Waals surface area contributed by atoms with Gasteiger partial charge in [0.25, 0.3) is 0 Å². The fraction of sp³-hybridized carbons (Fsp3) is 0.250. The third-order valence-electron chi connectivity index (χ3n) is 0.792. The Morgan fingerprint density at radius 1 is 1.50 bits per heavy atom. The van der Waals surface area contributed by atoms with Crippen molar-refractivity contribution < 1.29 is 13.3 Å². The van der Waals surface area contributed by atoms with E-state index < -0.39 is 6.55 Å². The first kappa shape index (κ1) is 5.21. The number of hydrogen-bond acceptors (Lipinski definition) is 0. The van der Waals surface area contributed by atoms with Crippen LogP contribution in [-0.2, 0) is 0 Å². The lowest BCUT2D eigenvalue weighted by molar-refractivity contribution is -0.772. The summed E-state index contributed by atoms with van der Waals surface area (Å²) in [5.74, 6) is 0. The van der Waals surface area contributed by atoms with E-state index >= 15 is 0 Å². The zero-order chi connectivity index (χ0) is 5.98. The van der Waals surface area contributed by atoms with Crippen LogP contribution in [0.3, 0.4) is 0 Å². The van der Waals surface area contributed by atoms with Crippen LogP contribution in [0.4, 0.5) is 8.78 Å². The van der Waals surface area contributed by atoms with Gasteiger partial charge in [-0.25, -0.2) is 0 Å². The molecule has 0 aliphatic heterocycles. The summed E-state index contributed by atoms with van der Waals surface area (Å²) in [4.78, 5) is 2.49. The summed E-state index contributed by atoms with van der Waals surface area (Å²) in [7, 11) is 0. The summed E-state index contributed by atoms with van der Waals surface area (Å²) in [6.45, 7) is -2.43. The lowest BCUT2D eigenvalue weighted by Crippen LogP contribution is -2.30. The number of aromatic nitrogens is 2. The van der Waals surface area contributed by atoms with Crippen molar-refractivity contribution in [3.05, 3.63) is 18.7 Å². The van der Waals surface area contributed by atoms with Crippen LogP contribution in [0, 0.1) is 0 Å². The Labute approximate surface area is 44.8 Å². The molecule has 1 aromatic rings. The van der Waals surface area contributed by atoms with E-state index in [0.717, 1.165) is 4.57 Å². The molecule has 0 fully saturated rings. The average Bonchev–Trinajstić information content (AvgIpc) is 2.12. The molecular formula is C4H5F2N2+. The summed E-state index contributed by atoms with van der Waals surface area (Å²) < 4.78 is 23.9. The molecule has 0 aromatic carbocycles. The number of nitrogens with zero attached hydrogens (tertiary/aromatic N) is 1. The zero-order valence-corrected chi connectivity index (χ0v) is 4.01. The minimum atomic E-state index is -2.43. The standard InChI is InChI=1S/C4H4F2N2/c5-4(6)8-2-1-7-3-8/h1-4H/p+1. The predicted octanol–water partition coefficient (Wildman–Crippen LogP) is 0.697. The monoisotopic (exact) mass is 119 g/mol. The van der Waals surface area contributed by atoms with Gasteiger partial charge in [0.05, 0.1) is 0 Å². The van der Waals surface area contributed by atoms with E-state index in [1.165, 1.54) is 18.7 Å². The van der Waals surface area contributed by atoms with Gasteiger partial charge in [0, 0.05) is 0 Å². The van der Waals surface area contributed by atoms with E-state index in [2.05, 4.69) is 4.98 Å². The van der Waals surface area contributed by atoms with Gasteiger partial charge in [-0.3, -0.25) is 4.98 Å². The second-order valence-electron chi connectivity index (χ2n) is 1.34. The number of aromatic amines is 1. The maximum atomic E-state index is 11.5. The third kappa shape index (κ3) is 0.828. The molecule has 1 rings (SSSR count). The van der Waals surface area contributed by atoms with Gasteiger partial charge in [0.15, 0.2) is 0 Å². The highest BCUT2D eigenvalue weighted by Gasteiger charge is 2.07. The van der Waals surface area contributed by atoms with Crippen LogP contribution in [0.25, 0.3) is 0 Å². The van der Waals surface area contributed by atoms with E-state index in [1.807, 2.05) is 0 Å². The molecule has 1 aromatic heterocycles. The average molecular weight is 119 g/mol. The summed E-state index contributed by atoms with van der Waals surface area (Å²) in [5, 5.41) is 0. The summed E-state index contributed by atoms with van der Waals surface area (Å²) in [6, 6.07) is 0. The van der Waals surface area contributed by atoms with Crippen LogP contribution in [0.1, 0.15) is 6.55 Å². The number of imidazole rings is 1. The van der Waals surface area contributed by atoms with E-state index in [1.54, 1.807) is 0 Å². The molecule has 44 valence electrons. The topological polar surface area (TPSA) is 19.7 Å². The maximum absolute atomic E-state index is 11.5. The van der Waals surface area contributed by atoms with Crippen molar-refractivity contribution in [2.24, 2.45) is 0 Å². The van der Waals surface area contributed by atoms with E-state index in [4.69, 9.17) is 0 Å². The van der Waals surface area contributed by atoms with Crippen molar-refractivity contribution in [1.29, 1.82) is 0 Å². The Bertz CT molecular complexity index is 147. The molecule has 0 spiro atoms. The molecule has 0 radical (unpaired) electrons. The van der Waals surface area contributed by atoms with Crippen molar-refractivity contribution in [3.8, 4) is 0 Å². The number of rotatable bonds is 1. The Balaban J connectivity index is 2.77. The fourth-order valence-electron chi connectivity index (χ4n) is 0.423. The highest BCUT2D eigenvalue weighted by Crippen LogP contribution is 1.95. The Morgan fingerprint density at radius 3 is 2.50 bits per heavy atom. The molecule has 0 amide bonds. The summed E-state index contributed by atoms with van der Waals surface area (Å²) >= 11 is 0. The lowest BCUT2D eigenvalue weighted by Gasteiger charge is -1.86. The maximum Gasteiger partial charge on any atom is 0.387 e. The van der Waals surface area contributed by atoms with E-state index in [-0.39, 0.29) is 0 Å². The normalized spacial score (nSPS) is 10.4. The van der Waals surface area contributed by atoms with Crippen LogP contribution in [0.15, 0.2) is 18.7 Å². The Morgan fingerprint density at radius 2 is 2.25 bits per heavy atom. The van der Waals surface area contributed by atoms with Crippen molar-refractivity contribution in [3.63, 3.8) is 0 Å². The lowest BCUT2D eigenvalue weighted by atomic mass is 10.9. The molecule has 0 atom stereocenters.